The van der Waals surface area contributed by atoms with E-state index in [1.165, 1.54) is 18.9 Å². The van der Waals surface area contributed by atoms with Gasteiger partial charge in [-0.3, -0.25) is 0 Å². The van der Waals surface area contributed by atoms with Crippen molar-refractivity contribution in [2.45, 2.75) is 37.9 Å². The lowest BCUT2D eigenvalue weighted by atomic mass is 10.2. The van der Waals surface area contributed by atoms with Crippen LogP contribution >= 0.6 is 11.6 Å². The van der Waals surface area contributed by atoms with Crippen LogP contribution in [0.3, 0.4) is 0 Å². The van der Waals surface area contributed by atoms with Crippen molar-refractivity contribution < 1.29 is 13.2 Å². The Morgan fingerprint density at radius 3 is 2.58 bits per heavy atom. The van der Waals surface area contributed by atoms with Crippen molar-refractivity contribution in [3.63, 3.8) is 0 Å². The molecule has 1 aliphatic carbocycles. The second kappa shape index (κ2) is 6.84. The minimum absolute atomic E-state index is 0.115. The number of hydrogen-bond acceptors (Lipinski definition) is 4. The van der Waals surface area contributed by atoms with Crippen LogP contribution in [-0.4, -0.2) is 16.0 Å². The van der Waals surface area contributed by atoms with Crippen LogP contribution in [0.2, 0.25) is 5.02 Å². The van der Waals surface area contributed by atoms with Crippen molar-refractivity contribution >= 4 is 29.1 Å². The van der Waals surface area contributed by atoms with Gasteiger partial charge in [-0.15, -0.1) is 0 Å². The molecule has 2 aromatic rings. The van der Waals surface area contributed by atoms with E-state index in [9.17, 15) is 13.2 Å². The fourth-order valence-corrected chi connectivity index (χ4v) is 2.86. The highest BCUT2D eigenvalue weighted by Crippen LogP contribution is 2.34. The SMILES string of the molecule is FC(F)(F)c1ccc(Cl)c(Nc2nccc(NC3CCCC3)n2)c1. The van der Waals surface area contributed by atoms with Crippen LogP contribution in [0.15, 0.2) is 30.5 Å². The highest BCUT2D eigenvalue weighted by molar-refractivity contribution is 6.33. The van der Waals surface area contributed by atoms with Gasteiger partial charge in [-0.05, 0) is 37.1 Å². The average molecular weight is 357 g/mol. The van der Waals surface area contributed by atoms with Crippen LogP contribution in [0.5, 0.6) is 0 Å². The van der Waals surface area contributed by atoms with Crippen molar-refractivity contribution in [2.24, 2.45) is 0 Å². The number of halogens is 4. The van der Waals surface area contributed by atoms with Gasteiger partial charge in [0.15, 0.2) is 0 Å². The van der Waals surface area contributed by atoms with Crippen molar-refractivity contribution in [1.82, 2.24) is 9.97 Å². The summed E-state index contributed by atoms with van der Waals surface area (Å²) in [5.74, 6) is 0.835. The fourth-order valence-electron chi connectivity index (χ4n) is 2.70. The van der Waals surface area contributed by atoms with Crippen LogP contribution in [0.1, 0.15) is 31.2 Å². The molecule has 0 radical (unpaired) electrons. The first kappa shape index (κ1) is 16.8. The minimum Gasteiger partial charge on any atom is -0.367 e. The number of rotatable bonds is 4. The van der Waals surface area contributed by atoms with Gasteiger partial charge in [0.1, 0.15) is 5.82 Å². The Kier molecular flexibility index (Phi) is 4.80. The molecule has 8 heteroatoms. The Hall–Kier alpha value is -2.02. The molecule has 1 aliphatic rings. The van der Waals surface area contributed by atoms with Gasteiger partial charge in [-0.1, -0.05) is 24.4 Å². The van der Waals surface area contributed by atoms with Crippen molar-refractivity contribution in [3.05, 3.63) is 41.0 Å². The van der Waals surface area contributed by atoms with Crippen molar-refractivity contribution in [3.8, 4) is 0 Å². The molecule has 1 aromatic heterocycles. The van der Waals surface area contributed by atoms with Gasteiger partial charge >= 0.3 is 6.18 Å². The summed E-state index contributed by atoms with van der Waals surface area (Å²) in [4.78, 5) is 8.33. The molecule has 0 amide bonds. The van der Waals surface area contributed by atoms with Crippen LogP contribution in [0.25, 0.3) is 0 Å². The summed E-state index contributed by atoms with van der Waals surface area (Å²) in [6.07, 6.45) is 1.67. The summed E-state index contributed by atoms with van der Waals surface area (Å²) in [7, 11) is 0. The second-order valence-electron chi connectivity index (χ2n) is 5.71. The van der Waals surface area contributed by atoms with E-state index in [1.54, 1.807) is 12.3 Å². The van der Waals surface area contributed by atoms with Gasteiger partial charge < -0.3 is 10.6 Å². The van der Waals surface area contributed by atoms with E-state index in [4.69, 9.17) is 11.6 Å². The summed E-state index contributed by atoms with van der Waals surface area (Å²) < 4.78 is 38.5. The van der Waals surface area contributed by atoms with E-state index >= 15 is 0 Å². The van der Waals surface area contributed by atoms with Crippen LogP contribution in [-0.2, 0) is 6.18 Å². The van der Waals surface area contributed by atoms with Crippen LogP contribution < -0.4 is 10.6 Å². The molecule has 0 atom stereocenters. The Labute approximate surface area is 142 Å². The summed E-state index contributed by atoms with van der Waals surface area (Å²) in [6.45, 7) is 0. The molecule has 128 valence electrons. The Bertz CT molecular complexity index is 715. The van der Waals surface area contributed by atoms with E-state index in [0.29, 0.717) is 11.9 Å². The zero-order valence-corrected chi connectivity index (χ0v) is 13.5. The largest absolute Gasteiger partial charge is 0.416 e. The predicted octanol–water partition coefficient (Wildman–Crippen LogP) is 5.25. The standard InChI is InChI=1S/C16H16ClF3N4/c17-12-6-5-10(16(18,19)20)9-13(12)23-15-21-8-7-14(24-15)22-11-3-1-2-4-11/h5-9,11H,1-4H2,(H2,21,22,23,24). The Morgan fingerprint density at radius 1 is 1.12 bits per heavy atom. The molecule has 0 saturated heterocycles. The maximum Gasteiger partial charge on any atom is 0.416 e. The zero-order valence-electron chi connectivity index (χ0n) is 12.7. The number of nitrogens with one attached hydrogen (secondary N) is 2. The first-order valence-corrected chi connectivity index (χ1v) is 8.03. The molecule has 1 fully saturated rings. The van der Waals surface area contributed by atoms with E-state index in [0.717, 1.165) is 25.0 Å². The maximum atomic E-state index is 12.8. The van der Waals surface area contributed by atoms with E-state index in [1.807, 2.05) is 0 Å². The van der Waals surface area contributed by atoms with Gasteiger partial charge in [0.05, 0.1) is 16.3 Å². The number of anilines is 3. The number of aromatic nitrogens is 2. The lowest BCUT2D eigenvalue weighted by Gasteiger charge is -2.14. The normalized spacial score (nSPS) is 15.5. The molecule has 3 rings (SSSR count). The molecule has 1 heterocycles. The smallest absolute Gasteiger partial charge is 0.367 e. The van der Waals surface area contributed by atoms with Gasteiger partial charge in [0.25, 0.3) is 0 Å². The third-order valence-corrected chi connectivity index (χ3v) is 4.23. The lowest BCUT2D eigenvalue weighted by molar-refractivity contribution is -0.137. The van der Waals surface area contributed by atoms with Crippen LogP contribution in [0.4, 0.5) is 30.6 Å². The molecule has 0 aliphatic heterocycles. The molecule has 0 bridgehead atoms. The fraction of sp³-hybridized carbons (Fsp3) is 0.375. The average Bonchev–Trinajstić information content (AvgIpc) is 3.02. The summed E-state index contributed by atoms with van der Waals surface area (Å²) in [5, 5.41) is 6.24. The van der Waals surface area contributed by atoms with Crippen molar-refractivity contribution in [2.75, 3.05) is 10.6 Å². The number of benzene rings is 1. The second-order valence-corrected chi connectivity index (χ2v) is 6.12. The van der Waals surface area contributed by atoms with Gasteiger partial charge in [-0.2, -0.15) is 18.2 Å². The predicted molar refractivity (Wildman–Crippen MR) is 87.6 cm³/mol. The Balaban J connectivity index is 1.78. The maximum absolute atomic E-state index is 12.8. The van der Waals surface area contributed by atoms with Gasteiger partial charge in [0.2, 0.25) is 5.95 Å². The van der Waals surface area contributed by atoms with Gasteiger partial charge in [-0.25, -0.2) is 4.98 Å². The topological polar surface area (TPSA) is 49.8 Å². The number of alkyl halides is 3. The monoisotopic (exact) mass is 356 g/mol. The molecule has 2 N–H and O–H groups in total. The van der Waals surface area contributed by atoms with Crippen LogP contribution in [0, 0.1) is 0 Å². The quantitative estimate of drug-likeness (QED) is 0.785. The molecule has 0 spiro atoms. The summed E-state index contributed by atoms with van der Waals surface area (Å²) in [5.41, 5.74) is -0.667. The summed E-state index contributed by atoms with van der Waals surface area (Å²) in [6, 6.07) is 5.20. The van der Waals surface area contributed by atoms with E-state index in [-0.39, 0.29) is 16.7 Å². The third-order valence-electron chi connectivity index (χ3n) is 3.90. The molecule has 1 aromatic carbocycles. The highest BCUT2D eigenvalue weighted by Gasteiger charge is 2.31. The third kappa shape index (κ3) is 4.08. The molecule has 0 unspecified atom stereocenters. The molecule has 1 saturated carbocycles. The molecular weight excluding hydrogens is 341 g/mol. The Morgan fingerprint density at radius 2 is 1.88 bits per heavy atom. The van der Waals surface area contributed by atoms with E-state index < -0.39 is 11.7 Å². The molecule has 4 nitrogen and oxygen atoms in total. The summed E-state index contributed by atoms with van der Waals surface area (Å²) >= 11 is 5.97. The molecular formula is C16H16ClF3N4. The number of hydrogen-bond donors (Lipinski definition) is 2. The minimum atomic E-state index is -4.44. The number of nitrogens with zero attached hydrogens (tertiary/aromatic N) is 2. The van der Waals surface area contributed by atoms with E-state index in [2.05, 4.69) is 20.6 Å². The first-order valence-electron chi connectivity index (χ1n) is 7.65. The lowest BCUT2D eigenvalue weighted by Crippen LogP contribution is -2.16. The zero-order chi connectivity index (χ0) is 17.2. The van der Waals surface area contributed by atoms with Crippen molar-refractivity contribution in [1.29, 1.82) is 0 Å². The first-order chi connectivity index (χ1) is 11.4. The molecule has 24 heavy (non-hydrogen) atoms. The highest BCUT2D eigenvalue weighted by atomic mass is 35.5. The van der Waals surface area contributed by atoms with Gasteiger partial charge in [0, 0.05) is 12.2 Å².